The van der Waals surface area contributed by atoms with E-state index in [0.29, 0.717) is 18.5 Å². The van der Waals surface area contributed by atoms with E-state index in [0.717, 1.165) is 38.3 Å². The second kappa shape index (κ2) is 8.20. The zero-order chi connectivity index (χ0) is 14.3. The standard InChI is InChI=1S/C15H22F3N/c1-11(2)19-8-6-4-3-5-7-12-9-14(17)15(18)10-13(12)16/h9-11,19H,3-8H2,1-2H3. The summed E-state index contributed by atoms with van der Waals surface area (Å²) < 4.78 is 39.0. The van der Waals surface area contributed by atoms with Crippen molar-refractivity contribution < 1.29 is 13.2 Å². The summed E-state index contributed by atoms with van der Waals surface area (Å²) in [5.41, 5.74) is 0.263. The normalized spacial score (nSPS) is 11.3. The number of rotatable bonds is 8. The van der Waals surface area contributed by atoms with E-state index < -0.39 is 17.5 Å². The van der Waals surface area contributed by atoms with Crippen molar-refractivity contribution in [3.63, 3.8) is 0 Å². The molecule has 0 spiro atoms. The molecule has 0 atom stereocenters. The number of unbranched alkanes of at least 4 members (excludes halogenated alkanes) is 3. The predicted molar refractivity (Wildman–Crippen MR) is 71.6 cm³/mol. The van der Waals surface area contributed by atoms with Gasteiger partial charge in [0.25, 0.3) is 0 Å². The van der Waals surface area contributed by atoms with Gasteiger partial charge in [0.05, 0.1) is 0 Å². The van der Waals surface area contributed by atoms with Crippen molar-refractivity contribution in [1.82, 2.24) is 5.32 Å². The summed E-state index contributed by atoms with van der Waals surface area (Å²) in [6.45, 7) is 5.19. The minimum atomic E-state index is -1.12. The second-order valence-electron chi connectivity index (χ2n) is 5.13. The van der Waals surface area contributed by atoms with Gasteiger partial charge in [-0.3, -0.25) is 0 Å². The van der Waals surface area contributed by atoms with Crippen molar-refractivity contribution in [2.45, 2.75) is 52.0 Å². The van der Waals surface area contributed by atoms with Crippen LogP contribution in [0.5, 0.6) is 0 Å². The Kier molecular flexibility index (Phi) is 6.92. The Labute approximate surface area is 113 Å². The lowest BCUT2D eigenvalue weighted by Gasteiger charge is -2.07. The molecular weight excluding hydrogens is 251 g/mol. The molecule has 4 heteroatoms. The molecule has 1 aromatic carbocycles. The molecular formula is C15H22F3N. The highest BCUT2D eigenvalue weighted by molar-refractivity contribution is 5.20. The number of halogens is 3. The lowest BCUT2D eigenvalue weighted by Crippen LogP contribution is -2.23. The molecule has 0 amide bonds. The molecule has 1 nitrogen and oxygen atoms in total. The van der Waals surface area contributed by atoms with E-state index in [9.17, 15) is 13.2 Å². The highest BCUT2D eigenvalue weighted by atomic mass is 19.2. The third-order valence-electron chi connectivity index (χ3n) is 3.01. The first kappa shape index (κ1) is 16.0. The first-order valence-corrected chi connectivity index (χ1v) is 6.87. The van der Waals surface area contributed by atoms with Crippen molar-refractivity contribution in [3.8, 4) is 0 Å². The van der Waals surface area contributed by atoms with Crippen LogP contribution in [0.3, 0.4) is 0 Å². The van der Waals surface area contributed by atoms with Crippen LogP contribution < -0.4 is 5.32 Å². The number of nitrogens with one attached hydrogen (secondary N) is 1. The zero-order valence-electron chi connectivity index (χ0n) is 11.6. The highest BCUT2D eigenvalue weighted by Crippen LogP contribution is 2.16. The maximum absolute atomic E-state index is 13.3. The Bertz CT molecular complexity index is 391. The third-order valence-corrected chi connectivity index (χ3v) is 3.01. The summed E-state index contributed by atoms with van der Waals surface area (Å²) in [4.78, 5) is 0. The Balaban J connectivity index is 2.21. The minimum absolute atomic E-state index is 0.263. The fourth-order valence-electron chi connectivity index (χ4n) is 1.94. The molecule has 0 aromatic heterocycles. The van der Waals surface area contributed by atoms with E-state index in [-0.39, 0.29) is 5.56 Å². The summed E-state index contributed by atoms with van der Waals surface area (Å²) in [5.74, 6) is -2.75. The topological polar surface area (TPSA) is 12.0 Å². The smallest absolute Gasteiger partial charge is 0.161 e. The summed E-state index contributed by atoms with van der Waals surface area (Å²) in [6, 6.07) is 2.08. The van der Waals surface area contributed by atoms with Crippen LogP contribution in [0, 0.1) is 17.5 Å². The quantitative estimate of drug-likeness (QED) is 0.553. The first-order valence-electron chi connectivity index (χ1n) is 6.87. The molecule has 0 aliphatic carbocycles. The molecule has 1 aromatic rings. The molecule has 1 rings (SSSR count). The van der Waals surface area contributed by atoms with Crippen LogP contribution in [0.4, 0.5) is 13.2 Å². The number of aryl methyl sites for hydroxylation is 1. The minimum Gasteiger partial charge on any atom is -0.315 e. The Hall–Kier alpha value is -1.03. The third kappa shape index (κ3) is 6.10. The molecule has 0 saturated carbocycles. The van der Waals surface area contributed by atoms with E-state index in [2.05, 4.69) is 19.2 Å². The van der Waals surface area contributed by atoms with Gasteiger partial charge in [-0.25, -0.2) is 13.2 Å². The van der Waals surface area contributed by atoms with Gasteiger partial charge in [0, 0.05) is 12.1 Å². The van der Waals surface area contributed by atoms with Gasteiger partial charge in [-0.1, -0.05) is 26.7 Å². The average Bonchev–Trinajstić information content (AvgIpc) is 2.33. The zero-order valence-corrected chi connectivity index (χ0v) is 11.6. The van der Waals surface area contributed by atoms with Gasteiger partial charge in [0.1, 0.15) is 5.82 Å². The van der Waals surface area contributed by atoms with E-state index in [1.54, 1.807) is 0 Å². The van der Waals surface area contributed by atoms with Gasteiger partial charge in [0.15, 0.2) is 11.6 Å². The molecule has 0 unspecified atom stereocenters. The SMILES string of the molecule is CC(C)NCCCCCCc1cc(F)c(F)cc1F. The van der Waals surface area contributed by atoms with Crippen LogP contribution in [0.15, 0.2) is 12.1 Å². The van der Waals surface area contributed by atoms with Gasteiger partial charge in [-0.15, -0.1) is 0 Å². The van der Waals surface area contributed by atoms with Crippen LogP contribution in [0.2, 0.25) is 0 Å². The van der Waals surface area contributed by atoms with Crippen molar-refractivity contribution in [2.24, 2.45) is 0 Å². The Morgan fingerprint density at radius 2 is 1.53 bits per heavy atom. The van der Waals surface area contributed by atoms with Crippen LogP contribution in [-0.4, -0.2) is 12.6 Å². The summed E-state index contributed by atoms with van der Waals surface area (Å²) in [7, 11) is 0. The summed E-state index contributed by atoms with van der Waals surface area (Å²) >= 11 is 0. The predicted octanol–water partition coefficient (Wildman–Crippen LogP) is 4.20. The van der Waals surface area contributed by atoms with E-state index in [4.69, 9.17) is 0 Å². The van der Waals surface area contributed by atoms with Crippen molar-refractivity contribution >= 4 is 0 Å². The summed E-state index contributed by atoms with van der Waals surface area (Å²) in [6.07, 6.45) is 4.37. The highest BCUT2D eigenvalue weighted by Gasteiger charge is 2.09. The second-order valence-corrected chi connectivity index (χ2v) is 5.13. The van der Waals surface area contributed by atoms with E-state index in [1.807, 2.05) is 0 Å². The molecule has 0 aliphatic heterocycles. The number of hydrogen-bond donors (Lipinski definition) is 1. The van der Waals surface area contributed by atoms with E-state index >= 15 is 0 Å². The molecule has 0 fully saturated rings. The van der Waals surface area contributed by atoms with Crippen LogP contribution in [0.25, 0.3) is 0 Å². The van der Waals surface area contributed by atoms with E-state index in [1.165, 1.54) is 0 Å². The van der Waals surface area contributed by atoms with Crippen LogP contribution in [-0.2, 0) is 6.42 Å². The molecule has 0 saturated heterocycles. The lowest BCUT2D eigenvalue weighted by atomic mass is 10.1. The summed E-state index contributed by atoms with van der Waals surface area (Å²) in [5, 5.41) is 3.33. The van der Waals surface area contributed by atoms with Crippen LogP contribution >= 0.6 is 0 Å². The van der Waals surface area contributed by atoms with Gasteiger partial charge in [-0.05, 0) is 37.4 Å². The molecule has 1 N–H and O–H groups in total. The fourth-order valence-corrected chi connectivity index (χ4v) is 1.94. The fraction of sp³-hybridized carbons (Fsp3) is 0.600. The average molecular weight is 273 g/mol. The van der Waals surface area contributed by atoms with Gasteiger partial charge >= 0.3 is 0 Å². The molecule has 0 aliphatic rings. The molecule has 0 heterocycles. The Morgan fingerprint density at radius 3 is 2.21 bits per heavy atom. The van der Waals surface area contributed by atoms with Crippen LogP contribution in [0.1, 0.15) is 45.1 Å². The van der Waals surface area contributed by atoms with Crippen molar-refractivity contribution in [2.75, 3.05) is 6.54 Å². The van der Waals surface area contributed by atoms with Crippen molar-refractivity contribution in [3.05, 3.63) is 35.1 Å². The Morgan fingerprint density at radius 1 is 0.895 bits per heavy atom. The maximum atomic E-state index is 13.3. The monoisotopic (exact) mass is 273 g/mol. The largest absolute Gasteiger partial charge is 0.315 e. The van der Waals surface area contributed by atoms with Gasteiger partial charge < -0.3 is 5.32 Å². The molecule has 0 bridgehead atoms. The molecule has 108 valence electrons. The van der Waals surface area contributed by atoms with Crippen molar-refractivity contribution in [1.29, 1.82) is 0 Å². The maximum Gasteiger partial charge on any atom is 0.161 e. The molecule has 0 radical (unpaired) electrons. The number of hydrogen-bond acceptors (Lipinski definition) is 1. The lowest BCUT2D eigenvalue weighted by molar-refractivity contribution is 0.487. The number of benzene rings is 1. The first-order chi connectivity index (χ1) is 9.00. The molecule has 19 heavy (non-hydrogen) atoms. The van der Waals surface area contributed by atoms with Gasteiger partial charge in [0.2, 0.25) is 0 Å². The van der Waals surface area contributed by atoms with Gasteiger partial charge in [-0.2, -0.15) is 0 Å².